The number of nitro benzene ring substituents is 1. The van der Waals surface area contributed by atoms with Crippen molar-refractivity contribution >= 4 is 23.0 Å². The van der Waals surface area contributed by atoms with Crippen LogP contribution in [0.3, 0.4) is 0 Å². The average molecular weight is 357 g/mol. The number of anilines is 2. The number of nitrogens with one attached hydrogen (secondary N) is 1. The lowest BCUT2D eigenvalue weighted by Gasteiger charge is -2.30. The van der Waals surface area contributed by atoms with Crippen LogP contribution in [-0.2, 0) is 4.74 Å². The zero-order valence-corrected chi connectivity index (χ0v) is 14.3. The Bertz CT molecular complexity index is 818. The summed E-state index contributed by atoms with van der Waals surface area (Å²) in [6.07, 6.45) is 0. The highest BCUT2D eigenvalue weighted by molar-refractivity contribution is 6.08. The molecule has 1 N–H and O–H groups in total. The maximum Gasteiger partial charge on any atom is 0.282 e. The number of amides is 1. The van der Waals surface area contributed by atoms with E-state index in [1.54, 1.807) is 12.1 Å². The molecule has 1 aliphatic heterocycles. The van der Waals surface area contributed by atoms with Crippen molar-refractivity contribution in [3.8, 4) is 5.75 Å². The number of morpholine rings is 1. The van der Waals surface area contributed by atoms with E-state index >= 15 is 0 Å². The number of para-hydroxylation sites is 1. The van der Waals surface area contributed by atoms with Gasteiger partial charge in [-0.1, -0.05) is 12.1 Å². The fourth-order valence-corrected chi connectivity index (χ4v) is 2.84. The number of nitrogens with zero attached hydrogens (tertiary/aromatic N) is 2. The first-order valence-corrected chi connectivity index (χ1v) is 8.15. The molecule has 1 aliphatic rings. The third kappa shape index (κ3) is 3.75. The second-order valence-corrected chi connectivity index (χ2v) is 5.71. The van der Waals surface area contributed by atoms with E-state index in [0.717, 1.165) is 5.69 Å². The molecule has 0 unspecified atom stereocenters. The summed E-state index contributed by atoms with van der Waals surface area (Å²) in [5.74, 6) is 0.0416. The van der Waals surface area contributed by atoms with Crippen LogP contribution in [0, 0.1) is 10.1 Å². The number of methoxy groups -OCH3 is 1. The zero-order chi connectivity index (χ0) is 18.5. The molecule has 1 fully saturated rings. The maximum atomic E-state index is 12.7. The quantitative estimate of drug-likeness (QED) is 0.653. The minimum absolute atomic E-state index is 0.00764. The molecule has 0 spiro atoms. The van der Waals surface area contributed by atoms with Crippen LogP contribution in [0.25, 0.3) is 0 Å². The predicted molar refractivity (Wildman–Crippen MR) is 97.1 cm³/mol. The largest absolute Gasteiger partial charge is 0.497 e. The summed E-state index contributed by atoms with van der Waals surface area (Å²) in [6, 6.07) is 11.2. The number of hydrogen-bond donors (Lipinski definition) is 1. The molecule has 26 heavy (non-hydrogen) atoms. The van der Waals surface area contributed by atoms with E-state index < -0.39 is 10.8 Å². The summed E-state index contributed by atoms with van der Waals surface area (Å²) in [5, 5.41) is 14.0. The van der Waals surface area contributed by atoms with Crippen molar-refractivity contribution in [1.82, 2.24) is 0 Å². The van der Waals surface area contributed by atoms with Gasteiger partial charge in [0.1, 0.15) is 11.3 Å². The average Bonchev–Trinajstić information content (AvgIpc) is 2.68. The highest BCUT2D eigenvalue weighted by Crippen LogP contribution is 2.32. The van der Waals surface area contributed by atoms with Crippen molar-refractivity contribution in [2.24, 2.45) is 0 Å². The zero-order valence-electron chi connectivity index (χ0n) is 14.3. The summed E-state index contributed by atoms with van der Waals surface area (Å²) in [7, 11) is 1.54. The summed E-state index contributed by atoms with van der Waals surface area (Å²) in [6.45, 7) is 2.59. The van der Waals surface area contributed by atoms with Crippen molar-refractivity contribution in [2.75, 3.05) is 43.6 Å². The van der Waals surface area contributed by atoms with Gasteiger partial charge in [0.05, 0.1) is 36.6 Å². The standard InChI is InChI=1S/C18H19N3O5/c1-25-13-6-7-17(20-8-10-26-11-9-20)15(12-13)19-18(22)14-4-2-3-5-16(14)21(23)24/h2-7,12H,8-11H2,1H3,(H,19,22). The van der Waals surface area contributed by atoms with Crippen LogP contribution in [0.4, 0.5) is 17.1 Å². The Kier molecular flexibility index (Phi) is 5.33. The molecule has 1 amide bonds. The van der Waals surface area contributed by atoms with Gasteiger partial charge in [0.25, 0.3) is 11.6 Å². The monoisotopic (exact) mass is 357 g/mol. The highest BCUT2D eigenvalue weighted by Gasteiger charge is 2.22. The number of rotatable bonds is 5. The van der Waals surface area contributed by atoms with Crippen molar-refractivity contribution in [3.05, 3.63) is 58.1 Å². The van der Waals surface area contributed by atoms with Gasteiger partial charge >= 0.3 is 0 Å². The molecular weight excluding hydrogens is 338 g/mol. The smallest absolute Gasteiger partial charge is 0.282 e. The van der Waals surface area contributed by atoms with Gasteiger partial charge in [-0.15, -0.1) is 0 Å². The molecule has 0 radical (unpaired) electrons. The molecule has 1 heterocycles. The van der Waals surface area contributed by atoms with Crippen LogP contribution in [0.5, 0.6) is 5.75 Å². The van der Waals surface area contributed by atoms with E-state index in [-0.39, 0.29) is 11.3 Å². The van der Waals surface area contributed by atoms with Crippen LogP contribution in [-0.4, -0.2) is 44.2 Å². The van der Waals surface area contributed by atoms with Gasteiger partial charge < -0.3 is 19.7 Å². The molecular formula is C18H19N3O5. The van der Waals surface area contributed by atoms with Crippen LogP contribution < -0.4 is 15.0 Å². The van der Waals surface area contributed by atoms with E-state index in [2.05, 4.69) is 10.2 Å². The summed E-state index contributed by atoms with van der Waals surface area (Å²) >= 11 is 0. The maximum absolute atomic E-state index is 12.7. The third-order valence-corrected chi connectivity index (χ3v) is 4.15. The molecule has 0 bridgehead atoms. The normalized spacial score (nSPS) is 14.0. The second-order valence-electron chi connectivity index (χ2n) is 5.71. The lowest BCUT2D eigenvalue weighted by Crippen LogP contribution is -2.36. The summed E-state index contributed by atoms with van der Waals surface area (Å²) < 4.78 is 10.6. The number of ether oxygens (including phenoxy) is 2. The molecule has 0 aliphatic carbocycles. The molecule has 2 aromatic rings. The van der Waals surface area contributed by atoms with Gasteiger partial charge in [0, 0.05) is 25.2 Å². The SMILES string of the molecule is COc1ccc(N2CCOCC2)c(NC(=O)c2ccccc2[N+](=O)[O-])c1. The minimum Gasteiger partial charge on any atom is -0.497 e. The summed E-state index contributed by atoms with van der Waals surface area (Å²) in [4.78, 5) is 25.4. The Morgan fingerprint density at radius 2 is 1.96 bits per heavy atom. The number of hydrogen-bond acceptors (Lipinski definition) is 6. The van der Waals surface area contributed by atoms with E-state index in [0.29, 0.717) is 37.7 Å². The van der Waals surface area contributed by atoms with E-state index in [4.69, 9.17) is 9.47 Å². The minimum atomic E-state index is -0.566. The van der Waals surface area contributed by atoms with Crippen LogP contribution in [0.15, 0.2) is 42.5 Å². The van der Waals surface area contributed by atoms with E-state index in [1.165, 1.54) is 25.3 Å². The second kappa shape index (κ2) is 7.83. The van der Waals surface area contributed by atoms with Crippen molar-refractivity contribution < 1.29 is 19.2 Å². The molecule has 8 nitrogen and oxygen atoms in total. The fraction of sp³-hybridized carbons (Fsp3) is 0.278. The molecule has 0 aromatic heterocycles. The van der Waals surface area contributed by atoms with Crippen molar-refractivity contribution in [1.29, 1.82) is 0 Å². The summed E-state index contributed by atoms with van der Waals surface area (Å²) in [5.41, 5.74) is 1.13. The molecule has 0 saturated carbocycles. The Morgan fingerprint density at radius 1 is 1.23 bits per heavy atom. The number of benzene rings is 2. The predicted octanol–water partition coefficient (Wildman–Crippen LogP) is 2.69. The lowest BCUT2D eigenvalue weighted by atomic mass is 10.1. The lowest BCUT2D eigenvalue weighted by molar-refractivity contribution is -0.385. The Hall–Kier alpha value is -3.13. The highest BCUT2D eigenvalue weighted by atomic mass is 16.6. The number of carbonyl (C=O) groups excluding carboxylic acids is 1. The van der Waals surface area contributed by atoms with Crippen LogP contribution in [0.2, 0.25) is 0 Å². The van der Waals surface area contributed by atoms with E-state index in [1.807, 2.05) is 12.1 Å². The Balaban J connectivity index is 1.93. The number of carbonyl (C=O) groups is 1. The van der Waals surface area contributed by atoms with E-state index in [9.17, 15) is 14.9 Å². The van der Waals surface area contributed by atoms with Crippen LogP contribution in [0.1, 0.15) is 10.4 Å². The van der Waals surface area contributed by atoms with Gasteiger partial charge in [0.2, 0.25) is 0 Å². The first-order chi connectivity index (χ1) is 12.6. The van der Waals surface area contributed by atoms with Gasteiger partial charge in [-0.25, -0.2) is 0 Å². The topological polar surface area (TPSA) is 93.9 Å². The Labute approximate surface area is 150 Å². The molecule has 0 atom stereocenters. The van der Waals surface area contributed by atoms with Gasteiger partial charge in [-0.3, -0.25) is 14.9 Å². The van der Waals surface area contributed by atoms with Crippen molar-refractivity contribution in [3.63, 3.8) is 0 Å². The third-order valence-electron chi connectivity index (χ3n) is 4.15. The first kappa shape index (κ1) is 17.7. The van der Waals surface area contributed by atoms with Gasteiger partial charge in [-0.05, 0) is 18.2 Å². The molecule has 8 heteroatoms. The molecule has 3 rings (SSSR count). The molecule has 2 aromatic carbocycles. The van der Waals surface area contributed by atoms with Gasteiger partial charge in [-0.2, -0.15) is 0 Å². The van der Waals surface area contributed by atoms with Gasteiger partial charge in [0.15, 0.2) is 0 Å². The Morgan fingerprint density at radius 3 is 2.65 bits per heavy atom. The molecule has 1 saturated heterocycles. The fourth-order valence-electron chi connectivity index (χ4n) is 2.84. The first-order valence-electron chi connectivity index (χ1n) is 8.15. The van der Waals surface area contributed by atoms with Crippen molar-refractivity contribution in [2.45, 2.75) is 0 Å². The molecule has 136 valence electrons. The number of nitro groups is 1. The van der Waals surface area contributed by atoms with Crippen LogP contribution >= 0.6 is 0 Å².